The van der Waals surface area contributed by atoms with E-state index in [4.69, 9.17) is 4.42 Å². The Labute approximate surface area is 149 Å². The second kappa shape index (κ2) is 7.63. The number of hydrogen-bond acceptors (Lipinski definition) is 5. The zero-order valence-corrected chi connectivity index (χ0v) is 14.4. The largest absolute Gasteiger partial charge is 0.449 e. The van der Waals surface area contributed by atoms with Gasteiger partial charge in [0, 0.05) is 57.7 Å². The number of hydrogen-bond donors (Lipinski definition) is 0. The summed E-state index contributed by atoms with van der Waals surface area (Å²) in [5.74, 6) is -1.20. The van der Waals surface area contributed by atoms with Crippen molar-refractivity contribution >= 4 is 17.4 Å². The molecule has 0 radical (unpaired) electrons. The van der Waals surface area contributed by atoms with Gasteiger partial charge in [-0.2, -0.15) is 0 Å². The van der Waals surface area contributed by atoms with E-state index in [0.29, 0.717) is 37.8 Å². The van der Waals surface area contributed by atoms with Crippen LogP contribution in [0.5, 0.6) is 0 Å². The van der Waals surface area contributed by atoms with Crippen molar-refractivity contribution in [3.63, 3.8) is 0 Å². The minimum atomic E-state index is -0.625. The van der Waals surface area contributed by atoms with Crippen LogP contribution >= 0.6 is 0 Å². The van der Waals surface area contributed by atoms with Crippen molar-refractivity contribution in [1.82, 2.24) is 9.88 Å². The van der Waals surface area contributed by atoms with Gasteiger partial charge < -0.3 is 14.2 Å². The van der Waals surface area contributed by atoms with Gasteiger partial charge in [0.05, 0.1) is 0 Å². The molecule has 0 aliphatic carbocycles. The molecule has 26 heavy (non-hydrogen) atoms. The molecule has 1 aromatic carbocycles. The summed E-state index contributed by atoms with van der Waals surface area (Å²) < 4.78 is 31.7. The molecule has 0 bridgehead atoms. The van der Waals surface area contributed by atoms with Gasteiger partial charge in [-0.1, -0.05) is 0 Å². The Morgan fingerprint density at radius 3 is 2.31 bits per heavy atom. The van der Waals surface area contributed by atoms with E-state index in [0.717, 1.165) is 6.07 Å². The molecule has 6 nitrogen and oxygen atoms in total. The van der Waals surface area contributed by atoms with E-state index in [2.05, 4.69) is 4.98 Å². The van der Waals surface area contributed by atoms with Crippen LogP contribution in [0.4, 0.5) is 14.5 Å². The summed E-state index contributed by atoms with van der Waals surface area (Å²) in [5.41, 5.74) is 0.694. The van der Waals surface area contributed by atoms with Gasteiger partial charge in [0.1, 0.15) is 23.6 Å². The highest BCUT2D eigenvalue weighted by molar-refractivity contribution is 5.96. The Hall–Kier alpha value is -2.77. The lowest BCUT2D eigenvalue weighted by Crippen LogP contribution is -2.48. The molecule has 1 aromatic heterocycles. The fourth-order valence-corrected chi connectivity index (χ4v) is 2.93. The molecule has 8 heteroatoms. The first-order valence-electron chi connectivity index (χ1n) is 8.36. The van der Waals surface area contributed by atoms with Gasteiger partial charge in [-0.05, 0) is 12.1 Å². The van der Waals surface area contributed by atoms with Gasteiger partial charge in [-0.3, -0.25) is 9.59 Å². The third-order valence-electron chi connectivity index (χ3n) is 4.32. The molecule has 138 valence electrons. The van der Waals surface area contributed by atoms with Gasteiger partial charge in [-0.25, -0.2) is 13.8 Å². The first-order valence-corrected chi connectivity index (χ1v) is 8.36. The summed E-state index contributed by atoms with van der Waals surface area (Å²) in [6.45, 7) is 3.48. The first-order chi connectivity index (χ1) is 12.4. The summed E-state index contributed by atoms with van der Waals surface area (Å²) in [6, 6.07) is 3.38. The fourth-order valence-electron chi connectivity index (χ4n) is 2.93. The van der Waals surface area contributed by atoms with E-state index in [1.54, 1.807) is 11.8 Å². The number of aromatic nitrogens is 1. The van der Waals surface area contributed by atoms with E-state index in [1.807, 2.05) is 4.90 Å². The number of Topliss-reactive ketones (excluding diaryl/α,β-unsaturated/α-hetero) is 1. The zero-order chi connectivity index (χ0) is 18.7. The molecule has 2 aromatic rings. The number of aryl methyl sites for hydroxylation is 1. The molecular weight excluding hydrogens is 344 g/mol. The maximum Gasteiger partial charge on any atom is 0.223 e. The number of amides is 1. The highest BCUT2D eigenvalue weighted by Gasteiger charge is 2.23. The first kappa shape index (κ1) is 18.0. The van der Waals surface area contributed by atoms with Crippen molar-refractivity contribution < 1.29 is 22.8 Å². The smallest absolute Gasteiger partial charge is 0.223 e. The standard InChI is InChI=1S/C18H19F2N3O3/c1-12-21-16(11-26-12)17(24)2-3-18(25)23-6-4-22(5-7-23)15-9-13(19)8-14(20)10-15/h8-11H,2-7H2,1H3. The normalized spacial score (nSPS) is 14.6. The molecule has 0 unspecified atom stereocenters. The summed E-state index contributed by atoms with van der Waals surface area (Å²) in [4.78, 5) is 31.7. The van der Waals surface area contributed by atoms with Crippen LogP contribution in [-0.2, 0) is 4.79 Å². The molecule has 1 aliphatic rings. The van der Waals surface area contributed by atoms with E-state index < -0.39 is 11.6 Å². The van der Waals surface area contributed by atoms with Crippen LogP contribution in [0, 0.1) is 18.6 Å². The molecule has 0 saturated carbocycles. The number of halogens is 2. The molecule has 1 aliphatic heterocycles. The minimum absolute atomic E-state index is 0.0696. The number of carbonyl (C=O) groups is 2. The third-order valence-corrected chi connectivity index (χ3v) is 4.32. The van der Waals surface area contributed by atoms with Crippen molar-refractivity contribution in [2.24, 2.45) is 0 Å². The van der Waals surface area contributed by atoms with Crippen molar-refractivity contribution in [3.05, 3.63) is 47.7 Å². The maximum absolute atomic E-state index is 13.3. The van der Waals surface area contributed by atoms with Crippen LogP contribution in [0.3, 0.4) is 0 Å². The van der Waals surface area contributed by atoms with Gasteiger partial charge in [0.25, 0.3) is 0 Å². The van der Waals surface area contributed by atoms with Gasteiger partial charge >= 0.3 is 0 Å². The van der Waals surface area contributed by atoms with Crippen LogP contribution < -0.4 is 4.90 Å². The van der Waals surface area contributed by atoms with Crippen LogP contribution in [0.25, 0.3) is 0 Å². The summed E-state index contributed by atoms with van der Waals surface area (Å²) >= 11 is 0. The molecule has 3 rings (SSSR count). The lowest BCUT2D eigenvalue weighted by Gasteiger charge is -2.36. The molecule has 1 saturated heterocycles. The summed E-state index contributed by atoms with van der Waals surface area (Å²) in [6.07, 6.45) is 1.46. The zero-order valence-electron chi connectivity index (χ0n) is 14.4. The molecule has 1 fully saturated rings. The molecule has 0 N–H and O–H groups in total. The second-order valence-corrected chi connectivity index (χ2v) is 6.17. The van der Waals surface area contributed by atoms with Crippen molar-refractivity contribution in [1.29, 1.82) is 0 Å². The Bertz CT molecular complexity index is 794. The second-order valence-electron chi connectivity index (χ2n) is 6.17. The molecule has 2 heterocycles. The van der Waals surface area contributed by atoms with E-state index in [9.17, 15) is 18.4 Å². The quantitative estimate of drug-likeness (QED) is 0.764. The van der Waals surface area contributed by atoms with Crippen molar-refractivity contribution in [2.75, 3.05) is 31.1 Å². The number of piperazine rings is 1. The Morgan fingerprint density at radius 1 is 1.08 bits per heavy atom. The van der Waals surface area contributed by atoms with Crippen molar-refractivity contribution in [3.8, 4) is 0 Å². The molecule has 0 spiro atoms. The number of carbonyl (C=O) groups excluding carboxylic acids is 2. The molecular formula is C18H19F2N3O3. The Kier molecular flexibility index (Phi) is 5.29. The Balaban J connectivity index is 1.49. The average molecular weight is 363 g/mol. The van der Waals surface area contributed by atoms with E-state index >= 15 is 0 Å². The maximum atomic E-state index is 13.3. The average Bonchev–Trinajstić information content (AvgIpc) is 3.05. The molecule has 0 atom stereocenters. The number of anilines is 1. The molecule has 1 amide bonds. The lowest BCUT2D eigenvalue weighted by atomic mass is 10.1. The Morgan fingerprint density at radius 2 is 1.73 bits per heavy atom. The van der Waals surface area contributed by atoms with Crippen LogP contribution in [0.1, 0.15) is 29.2 Å². The van der Waals surface area contributed by atoms with Crippen LogP contribution in [0.15, 0.2) is 28.9 Å². The number of nitrogens with zero attached hydrogens (tertiary/aromatic N) is 3. The number of ketones is 1. The van der Waals surface area contributed by atoms with Gasteiger partial charge in [0.2, 0.25) is 5.91 Å². The summed E-state index contributed by atoms with van der Waals surface area (Å²) in [7, 11) is 0. The summed E-state index contributed by atoms with van der Waals surface area (Å²) in [5, 5.41) is 0. The highest BCUT2D eigenvalue weighted by Crippen LogP contribution is 2.20. The third kappa shape index (κ3) is 4.25. The van der Waals surface area contributed by atoms with Gasteiger partial charge in [0.15, 0.2) is 11.7 Å². The van der Waals surface area contributed by atoms with Crippen LogP contribution in [0.2, 0.25) is 0 Å². The predicted octanol–water partition coefficient (Wildman–Crippen LogP) is 2.57. The predicted molar refractivity (Wildman–Crippen MR) is 90.0 cm³/mol. The van der Waals surface area contributed by atoms with Crippen LogP contribution in [-0.4, -0.2) is 47.8 Å². The van der Waals surface area contributed by atoms with E-state index in [1.165, 1.54) is 18.4 Å². The highest BCUT2D eigenvalue weighted by atomic mass is 19.1. The van der Waals surface area contributed by atoms with E-state index in [-0.39, 0.29) is 30.2 Å². The number of oxazole rings is 1. The SMILES string of the molecule is Cc1nc(C(=O)CCC(=O)N2CCN(c3cc(F)cc(F)c3)CC2)co1. The van der Waals surface area contributed by atoms with Crippen molar-refractivity contribution in [2.45, 2.75) is 19.8 Å². The fraction of sp³-hybridized carbons (Fsp3) is 0.389. The number of rotatable bonds is 5. The number of benzene rings is 1. The lowest BCUT2D eigenvalue weighted by molar-refractivity contribution is -0.131. The minimum Gasteiger partial charge on any atom is -0.449 e. The topological polar surface area (TPSA) is 66.7 Å². The monoisotopic (exact) mass is 363 g/mol. The van der Waals surface area contributed by atoms with Gasteiger partial charge in [-0.15, -0.1) is 0 Å².